The Kier molecular flexibility index (Phi) is 2.98. The van der Waals surface area contributed by atoms with Crippen molar-refractivity contribution in [3.63, 3.8) is 0 Å². The Bertz CT molecular complexity index is 399. The maximum absolute atomic E-state index is 5.52. The molecule has 0 spiro atoms. The molecule has 0 aliphatic heterocycles. The smallest absolute Gasteiger partial charge is 0.219 e. The van der Waals surface area contributed by atoms with Gasteiger partial charge in [0.15, 0.2) is 0 Å². The van der Waals surface area contributed by atoms with E-state index in [-0.39, 0.29) is 0 Å². The molecule has 1 aromatic carbocycles. The second-order valence-electron chi connectivity index (χ2n) is 2.73. The highest BCUT2D eigenvalue weighted by Gasteiger charge is 1.96. The Hall–Kier alpha value is -1.10. The van der Waals surface area contributed by atoms with Gasteiger partial charge in [0.05, 0.1) is 0 Å². The monoisotopic (exact) mass is 297 g/mol. The van der Waals surface area contributed by atoms with Crippen LogP contribution in [0.2, 0.25) is 0 Å². The molecule has 0 amide bonds. The summed E-state index contributed by atoms with van der Waals surface area (Å²) in [7, 11) is 0. The summed E-state index contributed by atoms with van der Waals surface area (Å²) in [6, 6.07) is 13.4. The quantitative estimate of drug-likeness (QED) is 0.792. The molecule has 0 fully saturated rings. The third-order valence-electron chi connectivity index (χ3n) is 1.67. The fraction of sp³-hybridized carbons (Fsp3) is 0. The average molecular weight is 297 g/mol. The number of pyridine rings is 1. The molecule has 0 saturated carbocycles. The van der Waals surface area contributed by atoms with E-state index in [4.69, 9.17) is 4.74 Å². The number of para-hydroxylation sites is 1. The fourth-order valence-corrected chi connectivity index (χ4v) is 1.35. The number of hydrogen-bond donors (Lipinski definition) is 0. The highest BCUT2D eigenvalue weighted by molar-refractivity contribution is 14.1. The molecule has 2 nitrogen and oxygen atoms in total. The molecule has 0 atom stereocenters. The van der Waals surface area contributed by atoms with E-state index >= 15 is 0 Å². The molecule has 0 N–H and O–H groups in total. The highest BCUT2D eigenvalue weighted by Crippen LogP contribution is 2.18. The second kappa shape index (κ2) is 4.41. The number of nitrogens with zero attached hydrogens (tertiary/aromatic N) is 1. The van der Waals surface area contributed by atoms with Crippen molar-refractivity contribution in [1.29, 1.82) is 0 Å². The molecule has 0 unspecified atom stereocenters. The summed E-state index contributed by atoms with van der Waals surface area (Å²) in [5.74, 6) is 1.43. The summed E-state index contributed by atoms with van der Waals surface area (Å²) in [4.78, 5) is 4.14. The van der Waals surface area contributed by atoms with E-state index in [0.29, 0.717) is 5.88 Å². The second-order valence-corrected chi connectivity index (χ2v) is 3.98. The van der Waals surface area contributed by atoms with Gasteiger partial charge in [0.2, 0.25) is 5.88 Å². The van der Waals surface area contributed by atoms with Gasteiger partial charge in [-0.05, 0) is 40.8 Å². The number of ether oxygens (including phenoxy) is 1. The lowest BCUT2D eigenvalue weighted by Crippen LogP contribution is -1.86. The van der Waals surface area contributed by atoms with E-state index in [9.17, 15) is 0 Å². The first-order valence-corrected chi connectivity index (χ1v) is 5.27. The van der Waals surface area contributed by atoms with E-state index in [1.165, 1.54) is 0 Å². The van der Waals surface area contributed by atoms with Gasteiger partial charge in [-0.2, -0.15) is 0 Å². The van der Waals surface area contributed by atoms with Crippen LogP contribution in [0.1, 0.15) is 0 Å². The molecular weight excluding hydrogens is 289 g/mol. The summed E-state index contributed by atoms with van der Waals surface area (Å²) in [5.41, 5.74) is 0. The lowest BCUT2D eigenvalue weighted by atomic mass is 10.3. The van der Waals surface area contributed by atoms with E-state index < -0.39 is 0 Å². The summed E-state index contributed by atoms with van der Waals surface area (Å²) in [5, 5.41) is 0. The summed E-state index contributed by atoms with van der Waals surface area (Å²) >= 11 is 2.21. The van der Waals surface area contributed by atoms with Gasteiger partial charge in [-0.3, -0.25) is 0 Å². The van der Waals surface area contributed by atoms with Crippen LogP contribution >= 0.6 is 22.6 Å². The molecule has 0 saturated heterocycles. The Balaban J connectivity index is 2.16. The van der Waals surface area contributed by atoms with Crippen LogP contribution in [0.25, 0.3) is 0 Å². The molecule has 2 rings (SSSR count). The summed E-state index contributed by atoms with van der Waals surface area (Å²) in [6.45, 7) is 0. The van der Waals surface area contributed by atoms with Crippen molar-refractivity contribution >= 4 is 22.6 Å². The zero-order valence-electron chi connectivity index (χ0n) is 7.35. The molecule has 3 heteroatoms. The van der Waals surface area contributed by atoms with E-state index in [1.807, 2.05) is 42.5 Å². The first-order valence-electron chi connectivity index (χ1n) is 4.19. The van der Waals surface area contributed by atoms with Crippen LogP contribution in [0.4, 0.5) is 0 Å². The number of halogens is 1. The van der Waals surface area contributed by atoms with Crippen molar-refractivity contribution in [3.8, 4) is 11.6 Å². The molecule has 2 aromatic rings. The molecule has 0 radical (unpaired) electrons. The first-order chi connectivity index (χ1) is 6.84. The van der Waals surface area contributed by atoms with Crippen molar-refractivity contribution < 1.29 is 4.74 Å². The summed E-state index contributed by atoms with van der Waals surface area (Å²) < 4.78 is 6.62. The molecule has 0 aliphatic carbocycles. The third kappa shape index (κ3) is 2.45. The van der Waals surface area contributed by atoms with Crippen molar-refractivity contribution in [3.05, 3.63) is 52.2 Å². The van der Waals surface area contributed by atoms with Gasteiger partial charge in [0, 0.05) is 15.8 Å². The fourth-order valence-electron chi connectivity index (χ4n) is 1.03. The van der Waals surface area contributed by atoms with Crippen LogP contribution in [-0.4, -0.2) is 4.98 Å². The zero-order chi connectivity index (χ0) is 9.80. The van der Waals surface area contributed by atoms with E-state index in [1.54, 1.807) is 6.20 Å². The maximum Gasteiger partial charge on any atom is 0.219 e. The molecule has 14 heavy (non-hydrogen) atoms. The predicted octanol–water partition coefficient (Wildman–Crippen LogP) is 3.48. The minimum atomic E-state index is 0.622. The predicted molar refractivity (Wildman–Crippen MR) is 63.5 cm³/mol. The standard InChI is InChI=1S/C11H8INO/c12-9-6-7-11(13-8-9)14-10-4-2-1-3-5-10/h1-8H. The van der Waals surface area contributed by atoms with Crippen LogP contribution in [0.3, 0.4) is 0 Å². The molecule has 70 valence electrons. The van der Waals surface area contributed by atoms with Crippen molar-refractivity contribution in [2.75, 3.05) is 0 Å². The Labute approximate surface area is 96.1 Å². The van der Waals surface area contributed by atoms with Crippen molar-refractivity contribution in [1.82, 2.24) is 4.98 Å². The number of hydrogen-bond acceptors (Lipinski definition) is 2. The van der Waals surface area contributed by atoms with Crippen molar-refractivity contribution in [2.45, 2.75) is 0 Å². The maximum atomic E-state index is 5.52. The minimum Gasteiger partial charge on any atom is -0.439 e. The normalized spacial score (nSPS) is 9.79. The molecule has 0 aliphatic rings. The Morgan fingerprint density at radius 1 is 1.00 bits per heavy atom. The molecule has 1 heterocycles. The van der Waals surface area contributed by atoms with E-state index in [2.05, 4.69) is 27.6 Å². The lowest BCUT2D eigenvalue weighted by molar-refractivity contribution is 0.463. The first kappa shape index (κ1) is 9.45. The van der Waals surface area contributed by atoms with Gasteiger partial charge in [-0.25, -0.2) is 4.98 Å². The van der Waals surface area contributed by atoms with Gasteiger partial charge >= 0.3 is 0 Å². The average Bonchev–Trinajstić information content (AvgIpc) is 2.23. The number of aromatic nitrogens is 1. The van der Waals surface area contributed by atoms with Gasteiger partial charge in [0.25, 0.3) is 0 Å². The largest absolute Gasteiger partial charge is 0.439 e. The van der Waals surface area contributed by atoms with Gasteiger partial charge in [-0.1, -0.05) is 18.2 Å². The number of rotatable bonds is 2. The van der Waals surface area contributed by atoms with Gasteiger partial charge in [-0.15, -0.1) is 0 Å². The van der Waals surface area contributed by atoms with Crippen LogP contribution in [0.15, 0.2) is 48.7 Å². The van der Waals surface area contributed by atoms with Gasteiger partial charge < -0.3 is 4.74 Å². The Morgan fingerprint density at radius 3 is 2.43 bits per heavy atom. The van der Waals surface area contributed by atoms with Crippen LogP contribution in [0, 0.1) is 3.57 Å². The third-order valence-corrected chi connectivity index (χ3v) is 2.30. The number of benzene rings is 1. The van der Waals surface area contributed by atoms with Gasteiger partial charge in [0.1, 0.15) is 5.75 Å². The SMILES string of the molecule is Ic1ccc(Oc2ccccc2)nc1. The van der Waals surface area contributed by atoms with E-state index in [0.717, 1.165) is 9.32 Å². The van der Waals surface area contributed by atoms with Crippen LogP contribution in [0.5, 0.6) is 11.6 Å². The molecule has 0 bridgehead atoms. The van der Waals surface area contributed by atoms with Crippen LogP contribution < -0.4 is 4.74 Å². The minimum absolute atomic E-state index is 0.622. The Morgan fingerprint density at radius 2 is 1.79 bits per heavy atom. The van der Waals surface area contributed by atoms with Crippen LogP contribution in [-0.2, 0) is 0 Å². The topological polar surface area (TPSA) is 22.1 Å². The lowest BCUT2D eigenvalue weighted by Gasteiger charge is -2.03. The van der Waals surface area contributed by atoms with Crippen molar-refractivity contribution in [2.24, 2.45) is 0 Å². The zero-order valence-corrected chi connectivity index (χ0v) is 9.51. The highest BCUT2D eigenvalue weighted by atomic mass is 127. The summed E-state index contributed by atoms with van der Waals surface area (Å²) in [6.07, 6.45) is 1.78. The molecular formula is C11H8INO. The molecule has 1 aromatic heterocycles.